The molecule has 0 aliphatic carbocycles. The summed E-state index contributed by atoms with van der Waals surface area (Å²) in [7, 11) is 0. The van der Waals surface area contributed by atoms with Crippen LogP contribution >= 0.6 is 0 Å². The molecular formula is C13H13FO4. The van der Waals surface area contributed by atoms with Crippen molar-refractivity contribution >= 4 is 5.97 Å². The van der Waals surface area contributed by atoms with Crippen molar-refractivity contribution in [2.24, 2.45) is 5.41 Å². The van der Waals surface area contributed by atoms with E-state index in [9.17, 15) is 14.3 Å². The number of carbonyl (C=O) groups is 1. The molecule has 1 aromatic rings. The lowest BCUT2D eigenvalue weighted by Crippen LogP contribution is -2.70. The van der Waals surface area contributed by atoms with E-state index in [1.54, 1.807) is 18.2 Å². The molecule has 0 aromatic heterocycles. The molecule has 3 rings (SSSR count). The van der Waals surface area contributed by atoms with E-state index in [1.165, 1.54) is 6.07 Å². The van der Waals surface area contributed by atoms with E-state index in [0.29, 0.717) is 5.56 Å². The molecule has 2 fully saturated rings. The molecular weight excluding hydrogens is 239 g/mol. The van der Waals surface area contributed by atoms with Gasteiger partial charge in [0, 0.05) is 0 Å². The van der Waals surface area contributed by atoms with Gasteiger partial charge in [0.15, 0.2) is 0 Å². The fourth-order valence-electron chi connectivity index (χ4n) is 2.76. The zero-order valence-corrected chi connectivity index (χ0v) is 9.69. The summed E-state index contributed by atoms with van der Waals surface area (Å²) in [5.41, 5.74) is -1.45. The monoisotopic (exact) mass is 252 g/mol. The first-order valence-corrected chi connectivity index (χ1v) is 5.76. The van der Waals surface area contributed by atoms with Crippen LogP contribution in [0.25, 0.3) is 0 Å². The summed E-state index contributed by atoms with van der Waals surface area (Å²) in [5, 5.41) is 9.48. The Kier molecular flexibility index (Phi) is 2.43. The highest BCUT2D eigenvalue weighted by Crippen LogP contribution is 2.52. The predicted octanol–water partition coefficient (Wildman–Crippen LogP) is 1.19. The Balaban J connectivity index is 2.11. The van der Waals surface area contributed by atoms with Crippen LogP contribution in [0.3, 0.4) is 0 Å². The third-order valence-electron chi connectivity index (χ3n) is 4.11. The zero-order valence-electron chi connectivity index (χ0n) is 9.69. The Morgan fingerprint density at radius 1 is 1.17 bits per heavy atom. The smallest absolute Gasteiger partial charge is 0.315 e. The molecule has 2 heterocycles. The average molecular weight is 252 g/mol. The Morgan fingerprint density at radius 3 is 2.17 bits per heavy atom. The molecule has 0 unspecified atom stereocenters. The van der Waals surface area contributed by atoms with Crippen LogP contribution in [0.4, 0.5) is 4.39 Å². The van der Waals surface area contributed by atoms with E-state index in [-0.39, 0.29) is 32.2 Å². The Morgan fingerprint density at radius 2 is 1.78 bits per heavy atom. The number of carboxylic acid groups (broad SMARTS) is 1. The molecule has 2 aliphatic heterocycles. The lowest BCUT2D eigenvalue weighted by Gasteiger charge is -2.56. The Labute approximate surface area is 103 Å². The average Bonchev–Trinajstić information content (AvgIpc) is 2.21. The summed E-state index contributed by atoms with van der Waals surface area (Å²) >= 11 is 0. The maximum atomic E-state index is 14.0. The second-order valence-corrected chi connectivity index (χ2v) is 4.93. The first kappa shape index (κ1) is 11.6. The summed E-state index contributed by atoms with van der Waals surface area (Å²) in [4.78, 5) is 11.6. The summed E-state index contributed by atoms with van der Waals surface area (Å²) in [5.74, 6) is -1.33. The SMILES string of the molecule is O=C(O)C1(C2(c3ccccc3F)COC2)COC1. The van der Waals surface area contributed by atoms with Gasteiger partial charge in [-0.3, -0.25) is 4.79 Å². The van der Waals surface area contributed by atoms with Crippen molar-refractivity contribution in [2.45, 2.75) is 5.41 Å². The van der Waals surface area contributed by atoms with E-state index in [2.05, 4.69) is 0 Å². The third-order valence-corrected chi connectivity index (χ3v) is 4.11. The molecule has 0 amide bonds. The van der Waals surface area contributed by atoms with Crippen molar-refractivity contribution in [3.63, 3.8) is 0 Å². The van der Waals surface area contributed by atoms with Crippen LogP contribution in [0.5, 0.6) is 0 Å². The van der Waals surface area contributed by atoms with Gasteiger partial charge in [-0.1, -0.05) is 18.2 Å². The van der Waals surface area contributed by atoms with Gasteiger partial charge in [-0.05, 0) is 11.6 Å². The molecule has 1 aromatic carbocycles. The van der Waals surface area contributed by atoms with Crippen molar-refractivity contribution < 1.29 is 23.8 Å². The van der Waals surface area contributed by atoms with Crippen LogP contribution in [-0.2, 0) is 19.7 Å². The van der Waals surface area contributed by atoms with Crippen molar-refractivity contribution in [1.29, 1.82) is 0 Å². The van der Waals surface area contributed by atoms with Gasteiger partial charge in [-0.15, -0.1) is 0 Å². The number of hydrogen-bond donors (Lipinski definition) is 1. The number of hydrogen-bond acceptors (Lipinski definition) is 3. The molecule has 5 heteroatoms. The van der Waals surface area contributed by atoms with Crippen molar-refractivity contribution in [2.75, 3.05) is 26.4 Å². The lowest BCUT2D eigenvalue weighted by atomic mass is 9.57. The lowest BCUT2D eigenvalue weighted by molar-refractivity contribution is -0.237. The fraction of sp³-hybridized carbons (Fsp3) is 0.462. The van der Waals surface area contributed by atoms with Crippen LogP contribution in [0.15, 0.2) is 24.3 Å². The second kappa shape index (κ2) is 3.76. The van der Waals surface area contributed by atoms with Gasteiger partial charge in [0.25, 0.3) is 0 Å². The fourth-order valence-corrected chi connectivity index (χ4v) is 2.76. The van der Waals surface area contributed by atoms with Gasteiger partial charge < -0.3 is 14.6 Å². The second-order valence-electron chi connectivity index (χ2n) is 4.93. The molecule has 0 saturated carbocycles. The molecule has 18 heavy (non-hydrogen) atoms. The van der Waals surface area contributed by atoms with E-state index >= 15 is 0 Å². The zero-order chi connectivity index (χ0) is 12.8. The normalized spacial score (nSPS) is 23.8. The summed E-state index contributed by atoms with van der Waals surface area (Å²) in [6, 6.07) is 6.30. The minimum atomic E-state index is -1.06. The van der Waals surface area contributed by atoms with Gasteiger partial charge in [-0.25, -0.2) is 4.39 Å². The highest BCUT2D eigenvalue weighted by atomic mass is 19.1. The van der Waals surface area contributed by atoms with Crippen LogP contribution in [0.2, 0.25) is 0 Å². The van der Waals surface area contributed by atoms with Gasteiger partial charge in [-0.2, -0.15) is 0 Å². The van der Waals surface area contributed by atoms with E-state index in [0.717, 1.165) is 0 Å². The number of carboxylic acids is 1. The summed E-state index contributed by atoms with van der Waals surface area (Å²) in [6.45, 7) is 0.674. The van der Waals surface area contributed by atoms with Gasteiger partial charge in [0.2, 0.25) is 0 Å². The van der Waals surface area contributed by atoms with Gasteiger partial charge in [0.1, 0.15) is 11.2 Å². The van der Waals surface area contributed by atoms with Crippen molar-refractivity contribution in [3.8, 4) is 0 Å². The van der Waals surface area contributed by atoms with Crippen molar-refractivity contribution in [3.05, 3.63) is 35.6 Å². The molecule has 96 valence electrons. The molecule has 1 N–H and O–H groups in total. The minimum absolute atomic E-state index is 0.111. The molecule has 2 saturated heterocycles. The minimum Gasteiger partial charge on any atom is -0.481 e. The van der Waals surface area contributed by atoms with Crippen LogP contribution in [-0.4, -0.2) is 37.5 Å². The third kappa shape index (κ3) is 1.23. The first-order chi connectivity index (χ1) is 8.62. The number of rotatable bonds is 3. The maximum absolute atomic E-state index is 14.0. The number of benzene rings is 1. The molecule has 0 spiro atoms. The highest BCUT2D eigenvalue weighted by Gasteiger charge is 2.66. The number of aliphatic carboxylic acids is 1. The Hall–Kier alpha value is -1.46. The summed E-state index contributed by atoms with van der Waals surface area (Å²) in [6.07, 6.45) is 0. The van der Waals surface area contributed by atoms with E-state index in [1.807, 2.05) is 0 Å². The summed E-state index contributed by atoms with van der Waals surface area (Å²) < 4.78 is 24.2. The maximum Gasteiger partial charge on any atom is 0.315 e. The van der Waals surface area contributed by atoms with Crippen LogP contribution < -0.4 is 0 Å². The quantitative estimate of drug-likeness (QED) is 0.878. The first-order valence-electron chi connectivity index (χ1n) is 5.76. The predicted molar refractivity (Wildman–Crippen MR) is 59.8 cm³/mol. The molecule has 0 atom stereocenters. The highest BCUT2D eigenvalue weighted by molar-refractivity contribution is 5.79. The van der Waals surface area contributed by atoms with Gasteiger partial charge >= 0.3 is 5.97 Å². The molecule has 0 radical (unpaired) electrons. The molecule has 2 aliphatic rings. The molecule has 4 nitrogen and oxygen atoms in total. The van der Waals surface area contributed by atoms with E-state index in [4.69, 9.17) is 9.47 Å². The van der Waals surface area contributed by atoms with Gasteiger partial charge in [0.05, 0.1) is 31.8 Å². The Bertz CT molecular complexity index is 492. The largest absolute Gasteiger partial charge is 0.481 e. The molecule has 0 bridgehead atoms. The standard InChI is InChI=1S/C13H13FO4/c14-10-4-2-1-3-9(10)12(5-17-6-12)13(11(15)16)7-18-8-13/h1-4H,5-8H2,(H,15,16). The topological polar surface area (TPSA) is 55.8 Å². The van der Waals surface area contributed by atoms with Crippen molar-refractivity contribution in [1.82, 2.24) is 0 Å². The number of halogens is 1. The van der Waals surface area contributed by atoms with E-state index < -0.39 is 16.8 Å². The number of ether oxygens (including phenoxy) is 2. The van der Waals surface area contributed by atoms with Crippen LogP contribution in [0, 0.1) is 11.2 Å². The van der Waals surface area contributed by atoms with Crippen LogP contribution in [0.1, 0.15) is 5.56 Å².